The Hall–Kier alpha value is -3.84. The van der Waals surface area contributed by atoms with Gasteiger partial charge in [0.15, 0.2) is 6.29 Å². The predicted molar refractivity (Wildman–Crippen MR) is 186 cm³/mol. The van der Waals surface area contributed by atoms with Gasteiger partial charge in [0.1, 0.15) is 23.7 Å². The minimum atomic E-state index is -0.358. The van der Waals surface area contributed by atoms with Crippen molar-refractivity contribution in [2.75, 3.05) is 21.3 Å². The number of allylic oxidation sites excluding steroid dienone is 1. The van der Waals surface area contributed by atoms with Crippen LogP contribution >= 0.6 is 0 Å². The fourth-order valence-corrected chi connectivity index (χ4v) is 4.95. The Labute approximate surface area is 306 Å². The third-order valence-corrected chi connectivity index (χ3v) is 6.91. The fourth-order valence-electron chi connectivity index (χ4n) is 4.95. The summed E-state index contributed by atoms with van der Waals surface area (Å²) in [5.41, 5.74) is 5.56. The van der Waals surface area contributed by atoms with Gasteiger partial charge in [-0.25, -0.2) is 8.78 Å². The minimum Gasteiger partial charge on any atom is -0.857 e. The summed E-state index contributed by atoms with van der Waals surface area (Å²) in [6, 6.07) is 20.2. The van der Waals surface area contributed by atoms with E-state index in [1.807, 2.05) is 55.8 Å². The average molecular weight is 667 g/mol. The number of carbonyl (C=O) groups is 2. The third-order valence-electron chi connectivity index (χ3n) is 6.91. The molecule has 0 radical (unpaired) electrons. The van der Waals surface area contributed by atoms with Gasteiger partial charge in [-0.2, -0.15) is 7.11 Å². The van der Waals surface area contributed by atoms with Crippen molar-refractivity contribution in [1.29, 1.82) is 0 Å². The maximum Gasteiger partial charge on any atom is 1.00 e. The number of nitrogens with one attached hydrogen (secondary N) is 1. The summed E-state index contributed by atoms with van der Waals surface area (Å²) < 4.78 is 34.3. The van der Waals surface area contributed by atoms with Crippen LogP contribution in [-0.2, 0) is 11.3 Å². The number of rotatable bonds is 13. The number of nitrogens with zero attached hydrogens (tertiary/aromatic N) is 1. The summed E-state index contributed by atoms with van der Waals surface area (Å²) >= 11 is 0. The molecule has 0 fully saturated rings. The van der Waals surface area contributed by atoms with E-state index >= 15 is 0 Å². The van der Waals surface area contributed by atoms with Crippen LogP contribution in [0.25, 0.3) is 28.3 Å². The normalized spacial score (nSPS) is 9.98. The van der Waals surface area contributed by atoms with Gasteiger partial charge in [-0.3, -0.25) is 4.79 Å². The van der Waals surface area contributed by atoms with Gasteiger partial charge in [0.25, 0.3) is 0 Å². The molecule has 3 aromatic carbocycles. The molecule has 48 heavy (non-hydrogen) atoms. The first-order chi connectivity index (χ1) is 22.8. The molecule has 0 saturated heterocycles. The molecule has 9 heteroatoms. The van der Waals surface area contributed by atoms with E-state index in [9.17, 15) is 18.4 Å². The molecule has 0 amide bonds. The second kappa shape index (κ2) is 25.2. The SMILES string of the molecule is C#C.CC(C)n1c(C=O)c(-c2ccc(F)cc2)c(-c2ccc(F)cc2)c1/C=C/CCCCC=O.CNCc1cccc(OC)c1.C[O-].[Na+]. The molecule has 4 rings (SSSR count). The Morgan fingerprint density at radius 2 is 1.38 bits per heavy atom. The first-order valence-electron chi connectivity index (χ1n) is 15.2. The number of carbonyl (C=O) groups excluding carboxylic acids is 2. The van der Waals surface area contributed by atoms with E-state index in [1.165, 1.54) is 29.8 Å². The molecule has 250 valence electrons. The van der Waals surface area contributed by atoms with Crippen molar-refractivity contribution in [2.24, 2.45) is 0 Å². The quantitative estimate of drug-likeness (QED) is 0.0950. The number of aromatic nitrogens is 1. The molecule has 1 heterocycles. The van der Waals surface area contributed by atoms with Crippen LogP contribution in [0.3, 0.4) is 0 Å². The van der Waals surface area contributed by atoms with Crippen molar-refractivity contribution in [3.63, 3.8) is 0 Å². The van der Waals surface area contributed by atoms with Gasteiger partial charge in [-0.05, 0) is 99.3 Å². The van der Waals surface area contributed by atoms with E-state index in [0.717, 1.165) is 68.1 Å². The first-order valence-corrected chi connectivity index (χ1v) is 15.2. The molecular formula is C39H45F2N2NaO4. The van der Waals surface area contributed by atoms with Crippen molar-refractivity contribution in [3.05, 3.63) is 107 Å². The zero-order chi connectivity index (χ0) is 35.2. The number of hydrogen-bond acceptors (Lipinski definition) is 5. The van der Waals surface area contributed by atoms with E-state index in [1.54, 1.807) is 31.4 Å². The van der Waals surface area contributed by atoms with Crippen LogP contribution in [0.4, 0.5) is 8.78 Å². The van der Waals surface area contributed by atoms with Crippen LogP contribution < -0.4 is 44.7 Å². The molecule has 0 aliphatic heterocycles. The molecule has 4 aromatic rings. The van der Waals surface area contributed by atoms with Crippen LogP contribution in [-0.4, -0.2) is 38.4 Å². The molecule has 0 saturated carbocycles. The second-order valence-electron chi connectivity index (χ2n) is 10.4. The molecule has 0 aliphatic rings. The van der Waals surface area contributed by atoms with Gasteiger partial charge in [-0.1, -0.05) is 42.5 Å². The van der Waals surface area contributed by atoms with Crippen molar-refractivity contribution in [2.45, 2.75) is 52.1 Å². The average Bonchev–Trinajstić information content (AvgIpc) is 3.43. The fraction of sp³-hybridized carbons (Fsp3) is 0.282. The maximum absolute atomic E-state index is 13.7. The van der Waals surface area contributed by atoms with Crippen LogP contribution in [0.1, 0.15) is 67.3 Å². The molecule has 6 nitrogen and oxygen atoms in total. The summed E-state index contributed by atoms with van der Waals surface area (Å²) in [6.45, 7) is 4.88. The minimum absolute atomic E-state index is 0. The summed E-state index contributed by atoms with van der Waals surface area (Å²) in [5, 5.41) is 11.3. The molecule has 1 N–H and O–H groups in total. The Morgan fingerprint density at radius 1 is 0.854 bits per heavy atom. The molecule has 0 atom stereocenters. The monoisotopic (exact) mass is 666 g/mol. The number of halogens is 2. The van der Waals surface area contributed by atoms with Crippen molar-refractivity contribution >= 4 is 18.6 Å². The van der Waals surface area contributed by atoms with Crippen LogP contribution in [0, 0.1) is 24.5 Å². The van der Waals surface area contributed by atoms with E-state index < -0.39 is 0 Å². The summed E-state index contributed by atoms with van der Waals surface area (Å²) in [7, 11) is 4.36. The van der Waals surface area contributed by atoms with Crippen molar-refractivity contribution < 1.29 is 57.8 Å². The largest absolute Gasteiger partial charge is 1.00 e. The van der Waals surface area contributed by atoms with Gasteiger partial charge in [0, 0.05) is 35.8 Å². The van der Waals surface area contributed by atoms with E-state index in [-0.39, 0.29) is 47.2 Å². The predicted octanol–water partition coefficient (Wildman–Crippen LogP) is 4.91. The van der Waals surface area contributed by atoms with E-state index in [2.05, 4.69) is 24.2 Å². The smallest absolute Gasteiger partial charge is 0.857 e. The van der Waals surface area contributed by atoms with Crippen molar-refractivity contribution in [3.8, 4) is 40.9 Å². The molecule has 0 bridgehead atoms. The number of ether oxygens (including phenoxy) is 1. The van der Waals surface area contributed by atoms with Gasteiger partial charge in [0.2, 0.25) is 0 Å². The Balaban J connectivity index is 0.00000116. The topological polar surface area (TPSA) is 83.4 Å². The van der Waals surface area contributed by atoms with Crippen LogP contribution in [0.15, 0.2) is 78.9 Å². The molecule has 0 aliphatic carbocycles. The standard InChI is InChI=1S/C27H27F2NO2.C9H13NO.C2H2.CH3O.Na/c1-19(2)30-24(8-6-4-3-5-7-17-31)26(20-9-13-22(28)14-10-20)27(25(30)18-32)21-11-15-23(29)16-12-21;1-10-7-8-4-3-5-9(6-8)11-2;2*1-2;/h6,8-19H,3-5,7H2,1-2H3;3-6,10H,7H2,1-2H3;1-2H;1H3;/q;;;-1;+1/b8-6+;;;;. The number of methoxy groups -OCH3 is 1. The van der Waals surface area contributed by atoms with Crippen LogP contribution in [0.2, 0.25) is 0 Å². The number of unbranched alkanes of at least 4 members (excludes halogenated alkanes) is 3. The second-order valence-corrected chi connectivity index (χ2v) is 10.4. The number of terminal acetylenes is 1. The summed E-state index contributed by atoms with van der Waals surface area (Å²) in [6.07, 6.45) is 16.8. The Bertz CT molecular complexity index is 1550. The molecule has 0 spiro atoms. The van der Waals surface area contributed by atoms with Gasteiger partial charge >= 0.3 is 29.6 Å². The van der Waals surface area contributed by atoms with Gasteiger partial charge < -0.3 is 24.5 Å². The van der Waals surface area contributed by atoms with E-state index in [4.69, 9.17) is 9.84 Å². The van der Waals surface area contributed by atoms with Gasteiger partial charge in [-0.15, -0.1) is 12.8 Å². The maximum atomic E-state index is 13.7. The van der Waals surface area contributed by atoms with Crippen molar-refractivity contribution in [1.82, 2.24) is 9.88 Å². The first kappa shape index (κ1) is 44.2. The Kier molecular flexibility index (Phi) is 23.2. The summed E-state index contributed by atoms with van der Waals surface area (Å²) in [5.74, 6) is 0.212. The third kappa shape index (κ3) is 13.3. The van der Waals surface area contributed by atoms with Crippen LogP contribution in [0.5, 0.6) is 5.75 Å². The zero-order valence-corrected chi connectivity index (χ0v) is 30.8. The summed E-state index contributed by atoms with van der Waals surface area (Å²) in [4.78, 5) is 22.8. The molecule has 0 unspecified atom stereocenters. The number of hydrogen-bond donors (Lipinski definition) is 1. The molecular weight excluding hydrogens is 621 g/mol. The number of aldehydes is 2. The Morgan fingerprint density at radius 3 is 1.83 bits per heavy atom. The molecule has 1 aromatic heterocycles. The number of benzene rings is 3. The van der Waals surface area contributed by atoms with E-state index in [0.29, 0.717) is 23.2 Å². The van der Waals surface area contributed by atoms with Gasteiger partial charge in [0.05, 0.1) is 12.8 Å². The zero-order valence-electron chi connectivity index (χ0n) is 28.8.